The highest BCUT2D eigenvalue weighted by Crippen LogP contribution is 2.29. The molecule has 152 valence electrons. The molecule has 0 spiro atoms. The molecular formula is C23H33N3O2. The van der Waals surface area contributed by atoms with E-state index in [1.807, 2.05) is 19.2 Å². The summed E-state index contributed by atoms with van der Waals surface area (Å²) in [6.45, 7) is 7.76. The van der Waals surface area contributed by atoms with Crippen molar-refractivity contribution in [2.75, 3.05) is 26.2 Å². The predicted octanol–water partition coefficient (Wildman–Crippen LogP) is 3.95. The molecular weight excluding hydrogens is 350 g/mol. The third kappa shape index (κ3) is 5.68. The summed E-state index contributed by atoms with van der Waals surface area (Å²) in [5.74, 6) is 1.05. The Bertz CT molecular complexity index is 770. The van der Waals surface area contributed by atoms with Gasteiger partial charge in [-0.3, -0.25) is 9.78 Å². The molecule has 1 N–H and O–H groups in total. The number of fused-ring (bicyclic) bond motifs is 1. The van der Waals surface area contributed by atoms with Crippen LogP contribution in [0.2, 0.25) is 0 Å². The lowest BCUT2D eigenvalue weighted by atomic mass is 10.0. The predicted molar refractivity (Wildman–Crippen MR) is 114 cm³/mol. The Morgan fingerprint density at radius 2 is 2.11 bits per heavy atom. The molecule has 0 aliphatic carbocycles. The van der Waals surface area contributed by atoms with E-state index in [1.165, 1.54) is 18.4 Å². The maximum absolute atomic E-state index is 11.4. The number of benzene rings is 1. The number of amides is 1. The lowest BCUT2D eigenvalue weighted by Gasteiger charge is -2.32. The number of unbranched alkanes of at least 4 members (excludes halogenated alkanes) is 1. The molecule has 5 heteroatoms. The summed E-state index contributed by atoms with van der Waals surface area (Å²) < 4.78 is 6.44. The van der Waals surface area contributed by atoms with Crippen LogP contribution in [0.1, 0.15) is 51.5 Å². The van der Waals surface area contributed by atoms with Crippen LogP contribution >= 0.6 is 0 Å². The number of nitrogens with one attached hydrogen (secondary N) is 1. The molecule has 1 fully saturated rings. The number of carbonyl (C=O) groups excluding carboxylic acids is 1. The Morgan fingerprint density at radius 1 is 1.29 bits per heavy atom. The van der Waals surface area contributed by atoms with Gasteiger partial charge in [-0.1, -0.05) is 26.3 Å². The number of aromatic nitrogens is 1. The van der Waals surface area contributed by atoms with Crippen LogP contribution in [0.5, 0.6) is 5.75 Å². The molecule has 28 heavy (non-hydrogen) atoms. The summed E-state index contributed by atoms with van der Waals surface area (Å²) in [5, 5.41) is 4.12. The van der Waals surface area contributed by atoms with E-state index in [2.05, 4.69) is 40.3 Å². The topological polar surface area (TPSA) is 54.5 Å². The van der Waals surface area contributed by atoms with E-state index in [1.54, 1.807) is 0 Å². The van der Waals surface area contributed by atoms with Crippen LogP contribution in [0.25, 0.3) is 10.9 Å². The summed E-state index contributed by atoms with van der Waals surface area (Å²) >= 11 is 0. The number of likely N-dealkylation sites (tertiary alicyclic amines) is 1. The third-order valence-corrected chi connectivity index (χ3v) is 5.45. The van der Waals surface area contributed by atoms with Crippen LogP contribution in [0.15, 0.2) is 30.5 Å². The molecule has 0 saturated carbocycles. The minimum Gasteiger partial charge on any atom is -0.488 e. The normalized spacial score (nSPS) is 15.6. The maximum atomic E-state index is 11.4. The Balaban J connectivity index is 1.58. The molecule has 0 bridgehead atoms. The second-order valence-electron chi connectivity index (χ2n) is 7.63. The molecule has 1 saturated heterocycles. The smallest absolute Gasteiger partial charge is 0.219 e. The molecule has 2 aromatic rings. The first-order chi connectivity index (χ1) is 13.7. The van der Waals surface area contributed by atoms with Crippen molar-refractivity contribution in [3.05, 3.63) is 36.0 Å². The Hall–Kier alpha value is -2.14. The zero-order valence-corrected chi connectivity index (χ0v) is 17.2. The Kier molecular flexibility index (Phi) is 7.66. The van der Waals surface area contributed by atoms with Gasteiger partial charge in [0.2, 0.25) is 5.91 Å². The van der Waals surface area contributed by atoms with Gasteiger partial charge in [-0.05, 0) is 49.4 Å². The van der Waals surface area contributed by atoms with Crippen molar-refractivity contribution in [1.82, 2.24) is 15.2 Å². The van der Waals surface area contributed by atoms with E-state index < -0.39 is 0 Å². The van der Waals surface area contributed by atoms with Crippen LogP contribution < -0.4 is 10.1 Å². The third-order valence-electron chi connectivity index (χ3n) is 5.45. The number of piperidine rings is 1. The van der Waals surface area contributed by atoms with Crippen LogP contribution in [-0.2, 0) is 11.2 Å². The van der Waals surface area contributed by atoms with Gasteiger partial charge in [-0.2, -0.15) is 0 Å². The SMILES string of the molecule is CCCCc1cc(OC2CCN(CCNC(=O)CC)CC2)c2ncccc2c1. The van der Waals surface area contributed by atoms with E-state index in [0.717, 1.165) is 62.1 Å². The molecule has 1 aromatic heterocycles. The van der Waals surface area contributed by atoms with Crippen molar-refractivity contribution in [3.63, 3.8) is 0 Å². The molecule has 0 atom stereocenters. The molecule has 1 amide bonds. The summed E-state index contributed by atoms with van der Waals surface area (Å²) in [6.07, 6.45) is 8.11. The van der Waals surface area contributed by atoms with Crippen molar-refractivity contribution in [3.8, 4) is 5.75 Å². The average Bonchev–Trinajstić information content (AvgIpc) is 2.73. The van der Waals surface area contributed by atoms with Crippen molar-refractivity contribution >= 4 is 16.8 Å². The number of hydrogen-bond acceptors (Lipinski definition) is 4. The summed E-state index contributed by atoms with van der Waals surface area (Å²) in [4.78, 5) is 18.3. The fraction of sp³-hybridized carbons (Fsp3) is 0.565. The van der Waals surface area contributed by atoms with Gasteiger partial charge < -0.3 is 15.0 Å². The highest BCUT2D eigenvalue weighted by Gasteiger charge is 2.21. The number of carbonyl (C=O) groups is 1. The molecule has 3 rings (SSSR count). The molecule has 0 unspecified atom stereocenters. The van der Waals surface area contributed by atoms with Crippen LogP contribution in [0.4, 0.5) is 0 Å². The second kappa shape index (κ2) is 10.4. The first-order valence-electron chi connectivity index (χ1n) is 10.7. The van der Waals surface area contributed by atoms with Gasteiger partial charge in [0.05, 0.1) is 0 Å². The van der Waals surface area contributed by atoms with Gasteiger partial charge in [0.25, 0.3) is 0 Å². The maximum Gasteiger partial charge on any atom is 0.219 e. The molecule has 1 aliphatic rings. The Morgan fingerprint density at radius 3 is 2.86 bits per heavy atom. The number of hydrogen-bond donors (Lipinski definition) is 1. The molecule has 2 heterocycles. The minimum absolute atomic E-state index is 0.126. The first kappa shape index (κ1) is 20.6. The summed E-state index contributed by atoms with van der Waals surface area (Å²) in [7, 11) is 0. The van der Waals surface area contributed by atoms with Gasteiger partial charge in [-0.25, -0.2) is 0 Å². The zero-order chi connectivity index (χ0) is 19.8. The quantitative estimate of drug-likeness (QED) is 0.712. The molecule has 1 aromatic carbocycles. The molecule has 5 nitrogen and oxygen atoms in total. The fourth-order valence-corrected chi connectivity index (χ4v) is 3.74. The van der Waals surface area contributed by atoms with Gasteiger partial charge >= 0.3 is 0 Å². The van der Waals surface area contributed by atoms with E-state index in [0.29, 0.717) is 6.42 Å². The number of pyridine rings is 1. The Labute approximate surface area is 168 Å². The lowest BCUT2D eigenvalue weighted by Crippen LogP contribution is -2.42. The van der Waals surface area contributed by atoms with Gasteiger partial charge in [0.1, 0.15) is 17.4 Å². The van der Waals surface area contributed by atoms with Crippen molar-refractivity contribution in [1.29, 1.82) is 0 Å². The van der Waals surface area contributed by atoms with Crippen molar-refractivity contribution in [2.24, 2.45) is 0 Å². The largest absolute Gasteiger partial charge is 0.488 e. The number of rotatable bonds is 9. The lowest BCUT2D eigenvalue weighted by molar-refractivity contribution is -0.120. The summed E-state index contributed by atoms with van der Waals surface area (Å²) in [6, 6.07) is 8.55. The van der Waals surface area contributed by atoms with E-state index in [9.17, 15) is 4.79 Å². The highest BCUT2D eigenvalue weighted by atomic mass is 16.5. The monoisotopic (exact) mass is 383 g/mol. The second-order valence-corrected chi connectivity index (χ2v) is 7.63. The number of aryl methyl sites for hydroxylation is 1. The fourth-order valence-electron chi connectivity index (χ4n) is 3.74. The van der Waals surface area contributed by atoms with Gasteiger partial charge in [0.15, 0.2) is 0 Å². The van der Waals surface area contributed by atoms with Crippen LogP contribution in [0, 0.1) is 0 Å². The van der Waals surface area contributed by atoms with Crippen LogP contribution in [-0.4, -0.2) is 48.1 Å². The highest BCUT2D eigenvalue weighted by molar-refractivity contribution is 5.85. The number of ether oxygens (including phenoxy) is 1. The van der Waals surface area contributed by atoms with Crippen molar-refractivity contribution < 1.29 is 9.53 Å². The standard InChI is InChI=1S/C23H33N3O2/c1-3-5-7-18-16-19-8-6-11-25-23(19)21(17-18)28-20-9-13-26(14-10-20)15-12-24-22(27)4-2/h6,8,11,16-17,20H,3-5,7,9-10,12-15H2,1-2H3,(H,24,27). The average molecular weight is 384 g/mol. The van der Waals surface area contributed by atoms with Crippen molar-refractivity contribution in [2.45, 2.75) is 58.5 Å². The first-order valence-corrected chi connectivity index (χ1v) is 10.7. The van der Waals surface area contributed by atoms with E-state index in [-0.39, 0.29) is 12.0 Å². The number of nitrogens with zero attached hydrogens (tertiary/aromatic N) is 2. The molecule has 1 aliphatic heterocycles. The van der Waals surface area contributed by atoms with Crippen LogP contribution in [0.3, 0.4) is 0 Å². The minimum atomic E-state index is 0.126. The van der Waals surface area contributed by atoms with E-state index >= 15 is 0 Å². The van der Waals surface area contributed by atoms with Gasteiger partial charge in [0, 0.05) is 44.2 Å². The summed E-state index contributed by atoms with van der Waals surface area (Å²) in [5.41, 5.74) is 2.30. The van der Waals surface area contributed by atoms with E-state index in [4.69, 9.17) is 4.74 Å². The zero-order valence-electron chi connectivity index (χ0n) is 17.2. The molecule has 0 radical (unpaired) electrons. The van der Waals surface area contributed by atoms with Gasteiger partial charge in [-0.15, -0.1) is 0 Å².